The van der Waals surface area contributed by atoms with E-state index in [2.05, 4.69) is 21.7 Å². The van der Waals surface area contributed by atoms with Gasteiger partial charge in [-0.2, -0.15) is 0 Å². The van der Waals surface area contributed by atoms with Crippen molar-refractivity contribution < 1.29 is 14.6 Å². The molecule has 3 N–H and O–H groups in total. The van der Waals surface area contributed by atoms with Crippen LogP contribution in [0, 0.1) is 5.92 Å². The molecule has 2 atom stereocenters. The third kappa shape index (κ3) is 3.54. The number of rotatable bonds is 6. The van der Waals surface area contributed by atoms with Gasteiger partial charge in [0, 0.05) is 24.9 Å². The number of aliphatic hydroxyl groups is 1. The molecule has 1 amide bonds. The van der Waals surface area contributed by atoms with Crippen molar-refractivity contribution in [3.05, 3.63) is 66.4 Å². The highest BCUT2D eigenvalue weighted by atomic mass is 16.5. The van der Waals surface area contributed by atoms with Gasteiger partial charge in [0.1, 0.15) is 11.9 Å². The van der Waals surface area contributed by atoms with E-state index in [1.807, 2.05) is 54.6 Å². The Morgan fingerprint density at radius 1 is 1.11 bits per heavy atom. The normalized spacial score (nSPS) is 21.4. The number of hydrogen-bond donors (Lipinski definition) is 3. The summed E-state index contributed by atoms with van der Waals surface area (Å²) in [6, 6.07) is 17.8. The van der Waals surface area contributed by atoms with E-state index in [1.54, 1.807) is 0 Å². The van der Waals surface area contributed by atoms with Crippen LogP contribution < -0.4 is 20.3 Å². The van der Waals surface area contributed by atoms with E-state index in [-0.39, 0.29) is 24.6 Å². The van der Waals surface area contributed by atoms with Crippen LogP contribution in [0.15, 0.2) is 60.8 Å². The minimum Gasteiger partial charge on any atom is -0.494 e. The second-order valence-electron chi connectivity index (χ2n) is 6.62. The van der Waals surface area contributed by atoms with Crippen LogP contribution in [0.4, 0.5) is 5.69 Å². The molecule has 2 aromatic carbocycles. The number of hydrogen-bond acceptors (Lipinski definition) is 5. The number of nitrogens with one attached hydrogen (secondary N) is 2. The molecule has 4 rings (SSSR count). The molecule has 0 saturated carbocycles. The zero-order valence-electron chi connectivity index (χ0n) is 15.0. The average Bonchev–Trinajstić information content (AvgIpc) is 3.10. The van der Waals surface area contributed by atoms with Crippen molar-refractivity contribution in [1.82, 2.24) is 10.6 Å². The Morgan fingerprint density at radius 3 is 2.63 bits per heavy atom. The second kappa shape index (κ2) is 7.82. The molecule has 0 spiro atoms. The maximum Gasteiger partial charge on any atom is 0.232 e. The molecule has 2 aliphatic rings. The summed E-state index contributed by atoms with van der Waals surface area (Å²) in [7, 11) is 0. The second-order valence-corrected chi connectivity index (χ2v) is 6.62. The Morgan fingerprint density at radius 2 is 1.89 bits per heavy atom. The fraction of sp³-hybridized carbons (Fsp3) is 0.286. The van der Waals surface area contributed by atoms with Gasteiger partial charge in [-0.25, -0.2) is 0 Å². The Bertz CT molecular complexity index is 820. The Kier molecular flexibility index (Phi) is 5.09. The number of ether oxygens (including phenoxy) is 1. The summed E-state index contributed by atoms with van der Waals surface area (Å²) in [5, 5.41) is 15.2. The quantitative estimate of drug-likeness (QED) is 0.682. The summed E-state index contributed by atoms with van der Waals surface area (Å²) < 4.78 is 5.60. The number of nitrogens with zero attached hydrogens (tertiary/aromatic N) is 1. The molecule has 2 heterocycles. The van der Waals surface area contributed by atoms with Crippen molar-refractivity contribution in [1.29, 1.82) is 0 Å². The summed E-state index contributed by atoms with van der Waals surface area (Å²) in [5.41, 5.74) is 3.03. The highest BCUT2D eigenvalue weighted by Gasteiger charge is 2.43. The Labute approximate surface area is 158 Å². The molecule has 0 bridgehead atoms. The molecule has 0 aromatic heterocycles. The van der Waals surface area contributed by atoms with Crippen LogP contribution in [-0.4, -0.2) is 37.1 Å². The van der Waals surface area contributed by atoms with E-state index >= 15 is 0 Å². The highest BCUT2D eigenvalue weighted by Crippen LogP contribution is 2.38. The van der Waals surface area contributed by atoms with Crippen molar-refractivity contribution in [2.24, 2.45) is 5.92 Å². The van der Waals surface area contributed by atoms with E-state index in [9.17, 15) is 4.79 Å². The van der Waals surface area contributed by atoms with Gasteiger partial charge in [0.05, 0.1) is 19.2 Å². The predicted octanol–water partition coefficient (Wildman–Crippen LogP) is 1.93. The van der Waals surface area contributed by atoms with Crippen molar-refractivity contribution >= 4 is 17.2 Å². The van der Waals surface area contributed by atoms with Gasteiger partial charge in [0.25, 0.3) is 0 Å². The number of anilines is 1. The lowest BCUT2D eigenvalue weighted by molar-refractivity contribution is -0.125. The number of fused-ring (bicyclic) bond motifs is 1. The topological polar surface area (TPSA) is 73.8 Å². The van der Waals surface area contributed by atoms with Crippen LogP contribution in [0.2, 0.25) is 0 Å². The molecule has 0 radical (unpaired) electrons. The molecule has 27 heavy (non-hydrogen) atoms. The van der Waals surface area contributed by atoms with Crippen molar-refractivity contribution in [3.63, 3.8) is 0 Å². The van der Waals surface area contributed by atoms with Gasteiger partial charge >= 0.3 is 0 Å². The first kappa shape index (κ1) is 17.6. The first-order valence-electron chi connectivity index (χ1n) is 9.18. The zero-order valence-corrected chi connectivity index (χ0v) is 15.0. The minimum atomic E-state index is -0.278. The number of benzene rings is 2. The van der Waals surface area contributed by atoms with Crippen molar-refractivity contribution in [2.75, 3.05) is 24.8 Å². The van der Waals surface area contributed by atoms with Crippen LogP contribution in [0.3, 0.4) is 0 Å². The predicted molar refractivity (Wildman–Crippen MR) is 104 cm³/mol. The lowest BCUT2D eigenvalue weighted by atomic mass is 9.91. The monoisotopic (exact) mass is 365 g/mol. The third-order valence-corrected chi connectivity index (χ3v) is 4.90. The Balaban J connectivity index is 1.62. The number of carbonyl (C=O) groups excluding carboxylic acids is 1. The van der Waals surface area contributed by atoms with Gasteiger partial charge in [-0.3, -0.25) is 10.1 Å². The van der Waals surface area contributed by atoms with E-state index in [1.165, 1.54) is 0 Å². The average molecular weight is 365 g/mol. The largest absolute Gasteiger partial charge is 0.494 e. The van der Waals surface area contributed by atoms with Crippen LogP contribution >= 0.6 is 0 Å². The van der Waals surface area contributed by atoms with Crippen molar-refractivity contribution in [3.8, 4) is 5.75 Å². The molecular formula is C21H23N3O3. The summed E-state index contributed by atoms with van der Waals surface area (Å²) in [6.45, 7) is 1.06. The van der Waals surface area contributed by atoms with E-state index in [0.717, 1.165) is 22.6 Å². The van der Waals surface area contributed by atoms with Crippen LogP contribution in [0.5, 0.6) is 5.75 Å². The van der Waals surface area contributed by atoms with Gasteiger partial charge in [0.2, 0.25) is 5.91 Å². The molecule has 6 heteroatoms. The van der Waals surface area contributed by atoms with Crippen LogP contribution in [-0.2, 0) is 4.79 Å². The van der Waals surface area contributed by atoms with Crippen LogP contribution in [0.1, 0.15) is 12.0 Å². The minimum absolute atomic E-state index is 0.0340. The van der Waals surface area contributed by atoms with Gasteiger partial charge < -0.3 is 20.1 Å². The molecule has 1 fully saturated rings. The lowest BCUT2D eigenvalue weighted by Crippen LogP contribution is -2.58. The first-order chi connectivity index (χ1) is 13.3. The SMILES string of the molecule is O=C1NCNC2C1C(c1ccc(OCCCO)cc1)=CN2c1ccccc1. The fourth-order valence-corrected chi connectivity index (χ4v) is 3.58. The van der Waals surface area contributed by atoms with Crippen molar-refractivity contribution in [2.45, 2.75) is 12.6 Å². The number of aliphatic hydroxyl groups excluding tert-OH is 1. The van der Waals surface area contributed by atoms with Gasteiger partial charge in [0.15, 0.2) is 0 Å². The molecule has 2 aromatic rings. The van der Waals surface area contributed by atoms with Gasteiger partial charge in [-0.05, 0) is 35.4 Å². The number of amides is 1. The summed E-state index contributed by atoms with van der Waals surface area (Å²) in [6.07, 6.45) is 2.57. The standard InChI is InChI=1S/C21H23N3O3/c25-11-4-12-27-17-9-7-15(8-10-17)18-13-24(16-5-2-1-3-6-16)20-19(18)21(26)23-14-22-20/h1-3,5-10,13,19-20,22,25H,4,11-12,14H2,(H,23,26). The molecule has 0 aliphatic carbocycles. The van der Waals surface area contributed by atoms with Gasteiger partial charge in [-0.1, -0.05) is 30.3 Å². The first-order valence-corrected chi connectivity index (χ1v) is 9.18. The number of carbonyl (C=O) groups is 1. The van der Waals surface area contributed by atoms with E-state index in [4.69, 9.17) is 9.84 Å². The molecular weight excluding hydrogens is 342 g/mol. The maximum absolute atomic E-state index is 12.6. The summed E-state index contributed by atoms with van der Waals surface area (Å²) in [4.78, 5) is 14.7. The van der Waals surface area contributed by atoms with Gasteiger partial charge in [-0.15, -0.1) is 0 Å². The summed E-state index contributed by atoms with van der Waals surface area (Å²) in [5.74, 6) is 0.514. The molecule has 140 valence electrons. The molecule has 6 nitrogen and oxygen atoms in total. The maximum atomic E-state index is 12.6. The smallest absolute Gasteiger partial charge is 0.232 e. The fourth-order valence-electron chi connectivity index (χ4n) is 3.58. The number of para-hydroxylation sites is 1. The molecule has 2 unspecified atom stereocenters. The molecule has 1 saturated heterocycles. The molecule has 2 aliphatic heterocycles. The Hall–Kier alpha value is -2.83. The highest BCUT2D eigenvalue weighted by molar-refractivity contribution is 5.96. The van der Waals surface area contributed by atoms with Crippen LogP contribution in [0.25, 0.3) is 5.57 Å². The summed E-state index contributed by atoms with van der Waals surface area (Å²) >= 11 is 0. The van der Waals surface area contributed by atoms with E-state index in [0.29, 0.717) is 19.7 Å². The van der Waals surface area contributed by atoms with E-state index < -0.39 is 0 Å². The lowest BCUT2D eigenvalue weighted by Gasteiger charge is -2.34. The zero-order chi connectivity index (χ0) is 18.6. The third-order valence-electron chi connectivity index (χ3n) is 4.90.